The van der Waals surface area contributed by atoms with Crippen molar-refractivity contribution in [2.45, 2.75) is 64.3 Å². The van der Waals surface area contributed by atoms with Gasteiger partial charge in [-0.25, -0.2) is 14.6 Å². The minimum atomic E-state index is -1.50. The minimum absolute atomic E-state index is 0. The Kier molecular flexibility index (Phi) is 15.9. The average molecular weight is 678 g/mol. The molecule has 0 spiro atoms. The van der Waals surface area contributed by atoms with E-state index in [4.69, 9.17) is 9.47 Å². The Bertz CT molecular complexity index is 1870. The zero-order valence-electron chi connectivity index (χ0n) is 27.5. The van der Waals surface area contributed by atoms with Crippen molar-refractivity contribution in [3.05, 3.63) is 86.6 Å². The average Bonchev–Trinajstić information content (AvgIpc) is 3.66. The number of H-pyrrole nitrogens is 2. The first-order valence-electron chi connectivity index (χ1n) is 14.4. The number of esters is 1. The van der Waals surface area contributed by atoms with Crippen molar-refractivity contribution in [1.82, 2.24) is 34.9 Å². The topological polar surface area (TPSA) is 221 Å². The molecule has 0 amide bonds. The third kappa shape index (κ3) is 11.8. The Balaban J connectivity index is 0.00000400. The van der Waals surface area contributed by atoms with Gasteiger partial charge in [0.1, 0.15) is 10.7 Å². The first-order chi connectivity index (χ1) is 21.9. The van der Waals surface area contributed by atoms with Crippen LogP contribution in [0.25, 0.3) is 12.2 Å². The van der Waals surface area contributed by atoms with Gasteiger partial charge in [0.2, 0.25) is 12.7 Å². The van der Waals surface area contributed by atoms with E-state index in [1.807, 2.05) is 51.1 Å². The molecule has 1 aromatic carbocycles. The summed E-state index contributed by atoms with van der Waals surface area (Å²) in [4.78, 5) is 62.2. The van der Waals surface area contributed by atoms with Gasteiger partial charge in [0.25, 0.3) is 5.56 Å². The maximum Gasteiger partial charge on any atom is 1.00 e. The predicted molar refractivity (Wildman–Crippen MR) is 158 cm³/mol. The van der Waals surface area contributed by atoms with Crippen LogP contribution in [0.1, 0.15) is 75.1 Å². The second-order valence-corrected chi connectivity index (χ2v) is 11.3. The van der Waals surface area contributed by atoms with E-state index >= 15 is 0 Å². The van der Waals surface area contributed by atoms with Crippen LogP contribution in [0.3, 0.4) is 0 Å². The second-order valence-electron chi connectivity index (χ2n) is 11.3. The van der Waals surface area contributed by atoms with Crippen molar-refractivity contribution in [2.75, 3.05) is 6.79 Å². The van der Waals surface area contributed by atoms with Crippen LogP contribution in [0.4, 0.5) is 0 Å². The third-order valence-electron chi connectivity index (χ3n) is 6.74. The Labute approximate surface area is 319 Å². The summed E-state index contributed by atoms with van der Waals surface area (Å²) in [5.41, 5.74) is 1.84. The summed E-state index contributed by atoms with van der Waals surface area (Å²) in [7, 11) is 0. The maximum atomic E-state index is 12.9. The first-order valence-corrected chi connectivity index (χ1v) is 14.4. The molecule has 48 heavy (non-hydrogen) atoms. The van der Waals surface area contributed by atoms with Gasteiger partial charge < -0.3 is 39.2 Å². The van der Waals surface area contributed by atoms with E-state index in [2.05, 4.69) is 30.2 Å². The maximum absolute atomic E-state index is 12.9. The molecule has 2 N–H and O–H groups in total. The summed E-state index contributed by atoms with van der Waals surface area (Å²) in [6.45, 7) is 5.55. The van der Waals surface area contributed by atoms with Crippen molar-refractivity contribution in [3.8, 4) is 5.88 Å². The molecule has 17 heteroatoms. The number of aromatic nitrogens is 7. The molecule has 1 unspecified atom stereocenters. The van der Waals surface area contributed by atoms with Crippen LogP contribution in [0.15, 0.2) is 47.7 Å². The number of aryl methyl sites for hydroxylation is 1. The number of imidazole rings is 1. The zero-order valence-corrected chi connectivity index (χ0v) is 31.5. The SMILES string of the molecule is CC(C)(C)c1[nH]cnc1/C=c1\[nH]c(=O)/c(=C/c2ccccc2)nc1OCOC(=O)CCCc1cn(C(CCC(=O)[O-])C(=O)[O-])nn1.[Na+].[Na+]. The fourth-order valence-corrected chi connectivity index (χ4v) is 4.45. The van der Waals surface area contributed by atoms with Crippen molar-refractivity contribution in [1.29, 1.82) is 0 Å². The molecular formula is C31H33N7Na2O8. The van der Waals surface area contributed by atoms with Gasteiger partial charge in [-0.3, -0.25) is 9.59 Å². The number of hydrogen-bond acceptors (Lipinski definition) is 12. The van der Waals surface area contributed by atoms with Gasteiger partial charge in [0.05, 0.1) is 29.7 Å². The molecular weight excluding hydrogens is 644 g/mol. The molecule has 3 aromatic heterocycles. The Hall–Kier alpha value is -3.60. The van der Waals surface area contributed by atoms with Gasteiger partial charge in [0.15, 0.2) is 0 Å². The quantitative estimate of drug-likeness (QED) is 0.0722. The molecule has 4 rings (SSSR count). The number of aliphatic carboxylic acids is 2. The van der Waals surface area contributed by atoms with Crippen LogP contribution in [-0.4, -0.2) is 59.6 Å². The summed E-state index contributed by atoms with van der Waals surface area (Å²) >= 11 is 0. The molecule has 0 bridgehead atoms. The molecule has 4 aromatic rings. The normalized spacial score (nSPS) is 12.5. The van der Waals surface area contributed by atoms with E-state index in [-0.39, 0.29) is 100 Å². The summed E-state index contributed by atoms with van der Waals surface area (Å²) < 4.78 is 12.0. The summed E-state index contributed by atoms with van der Waals surface area (Å²) in [5, 5.41) is 30.0. The predicted octanol–water partition coefficient (Wildman–Crippen LogP) is -7.23. The molecule has 0 saturated carbocycles. The number of aromatic amines is 2. The molecule has 0 aliphatic carbocycles. The van der Waals surface area contributed by atoms with E-state index in [1.165, 1.54) is 6.20 Å². The standard InChI is InChI=1S/C31H35N7O8.2Na/c1-31(2,3)27-21(32-17-33-27)15-23-29(35-22(28(42)34-23)14-19-8-5-4-6-9-19)46-18-45-26(41)11-7-10-20-16-38(37-36-20)24(30(43)44)12-13-25(39)40;;/h4-6,8-9,14-17,24H,7,10-13,18H2,1-3H3,(H,32,33)(H,34,42)(H,39,40)(H,43,44);;/q;2*+1/p-2/b22-14-,23-15-;;. The molecule has 242 valence electrons. The van der Waals surface area contributed by atoms with Crippen molar-refractivity contribution in [3.63, 3.8) is 0 Å². The Morgan fingerprint density at radius 1 is 1.06 bits per heavy atom. The monoisotopic (exact) mass is 677 g/mol. The van der Waals surface area contributed by atoms with Crippen molar-refractivity contribution in [2.24, 2.45) is 0 Å². The summed E-state index contributed by atoms with van der Waals surface area (Å²) in [6, 6.07) is 7.84. The number of hydrogen-bond donors (Lipinski definition) is 2. The number of carboxylic acid groups (broad SMARTS) is 2. The molecule has 1 atom stereocenters. The zero-order chi connectivity index (χ0) is 33.3. The molecule has 0 aliphatic rings. The number of carbonyl (C=O) groups is 3. The van der Waals surface area contributed by atoms with Gasteiger partial charge in [-0.05, 0) is 43.4 Å². The van der Waals surface area contributed by atoms with Gasteiger partial charge in [0, 0.05) is 29.7 Å². The molecule has 0 aliphatic heterocycles. The number of nitrogens with zero attached hydrogens (tertiary/aromatic N) is 5. The van der Waals surface area contributed by atoms with E-state index in [1.54, 1.807) is 18.5 Å². The fourth-order valence-electron chi connectivity index (χ4n) is 4.45. The van der Waals surface area contributed by atoms with Crippen LogP contribution in [0.5, 0.6) is 5.88 Å². The number of ether oxygens (including phenoxy) is 2. The first kappa shape index (κ1) is 40.6. The van der Waals surface area contributed by atoms with Crippen molar-refractivity contribution < 1.29 is 93.2 Å². The number of carboxylic acids is 2. The van der Waals surface area contributed by atoms with E-state index in [0.717, 1.165) is 15.9 Å². The van der Waals surface area contributed by atoms with E-state index in [0.29, 0.717) is 17.8 Å². The van der Waals surface area contributed by atoms with E-state index < -0.39 is 42.7 Å². The molecule has 15 nitrogen and oxygen atoms in total. The van der Waals surface area contributed by atoms with Gasteiger partial charge >= 0.3 is 65.1 Å². The van der Waals surface area contributed by atoms with Crippen molar-refractivity contribution >= 4 is 30.1 Å². The molecule has 0 fully saturated rings. The number of carbonyl (C=O) groups excluding carboxylic acids is 3. The Morgan fingerprint density at radius 2 is 1.79 bits per heavy atom. The number of nitrogens with one attached hydrogen (secondary N) is 2. The molecule has 3 heterocycles. The van der Waals surface area contributed by atoms with Crippen LogP contribution in [-0.2, 0) is 31.0 Å². The fraction of sp³-hybridized carbons (Fsp3) is 0.355. The van der Waals surface area contributed by atoms with Gasteiger partial charge in [-0.15, -0.1) is 5.10 Å². The van der Waals surface area contributed by atoms with Crippen LogP contribution >= 0.6 is 0 Å². The second kappa shape index (κ2) is 18.8. The smallest absolute Gasteiger partial charge is 0.550 e. The summed E-state index contributed by atoms with van der Waals surface area (Å²) in [5.74, 6) is -3.45. The van der Waals surface area contributed by atoms with Crippen LogP contribution in [0, 0.1) is 0 Å². The van der Waals surface area contributed by atoms with Gasteiger partial charge in [-0.1, -0.05) is 56.3 Å². The molecule has 0 saturated heterocycles. The third-order valence-corrected chi connectivity index (χ3v) is 6.74. The molecule has 0 radical (unpaired) electrons. The minimum Gasteiger partial charge on any atom is -0.550 e. The number of benzene rings is 1. The van der Waals surface area contributed by atoms with E-state index in [9.17, 15) is 29.4 Å². The number of rotatable bonds is 14. The summed E-state index contributed by atoms with van der Waals surface area (Å²) in [6.07, 6.45) is 5.95. The van der Waals surface area contributed by atoms with Crippen LogP contribution in [0.2, 0.25) is 0 Å². The van der Waals surface area contributed by atoms with Gasteiger partial charge in [-0.2, -0.15) is 0 Å². The largest absolute Gasteiger partial charge is 1.00 e. The van der Waals surface area contributed by atoms with Crippen LogP contribution < -0.4 is 90.3 Å². The Morgan fingerprint density at radius 3 is 2.46 bits per heavy atom.